The summed E-state index contributed by atoms with van der Waals surface area (Å²) < 4.78 is 0. The van der Waals surface area contributed by atoms with E-state index in [0.29, 0.717) is 25.1 Å². The molecule has 0 aliphatic carbocycles. The summed E-state index contributed by atoms with van der Waals surface area (Å²) in [4.78, 5) is 35.3. The average Bonchev–Trinajstić information content (AvgIpc) is 3.29. The van der Waals surface area contributed by atoms with Gasteiger partial charge in [-0.25, -0.2) is 4.98 Å². The smallest absolute Gasteiger partial charge is 0.256 e. The minimum absolute atomic E-state index is 0.111. The lowest BCUT2D eigenvalue weighted by Crippen LogP contribution is -2.45. The van der Waals surface area contributed by atoms with Crippen molar-refractivity contribution in [3.05, 3.63) is 46.2 Å². The number of pyridine rings is 1. The van der Waals surface area contributed by atoms with Gasteiger partial charge in [-0.2, -0.15) is 0 Å². The Bertz CT molecular complexity index is 732. The van der Waals surface area contributed by atoms with E-state index in [9.17, 15) is 9.59 Å². The molecule has 0 bridgehead atoms. The lowest BCUT2D eigenvalue weighted by atomic mass is 10.2. The maximum Gasteiger partial charge on any atom is 0.256 e. The summed E-state index contributed by atoms with van der Waals surface area (Å²) in [6.07, 6.45) is 6.73. The van der Waals surface area contributed by atoms with Crippen molar-refractivity contribution in [2.45, 2.75) is 45.2 Å². The Morgan fingerprint density at radius 2 is 2.32 bits per heavy atom. The fourth-order valence-electron chi connectivity index (χ4n) is 2.99. The molecule has 3 heterocycles. The number of aromatic nitrogens is 2. The monoisotopic (exact) mass is 358 g/mol. The van der Waals surface area contributed by atoms with Gasteiger partial charge in [0, 0.05) is 24.3 Å². The molecule has 2 aromatic heterocycles. The van der Waals surface area contributed by atoms with Crippen molar-refractivity contribution in [2.24, 2.45) is 0 Å². The minimum Gasteiger partial charge on any atom is -0.349 e. The minimum atomic E-state index is -0.415. The van der Waals surface area contributed by atoms with Crippen LogP contribution in [0.5, 0.6) is 0 Å². The van der Waals surface area contributed by atoms with Gasteiger partial charge in [-0.1, -0.05) is 6.92 Å². The Morgan fingerprint density at radius 3 is 3.08 bits per heavy atom. The number of amides is 2. The van der Waals surface area contributed by atoms with Crippen molar-refractivity contribution < 1.29 is 9.59 Å². The number of carbonyl (C=O) groups excluding carboxylic acids is 2. The highest BCUT2D eigenvalue weighted by atomic mass is 32.1. The molecular formula is C18H22N4O2S. The van der Waals surface area contributed by atoms with Crippen molar-refractivity contribution in [1.82, 2.24) is 20.2 Å². The van der Waals surface area contributed by atoms with Gasteiger partial charge in [0.2, 0.25) is 5.91 Å². The zero-order chi connectivity index (χ0) is 17.6. The van der Waals surface area contributed by atoms with Crippen LogP contribution in [0.1, 0.15) is 47.2 Å². The van der Waals surface area contributed by atoms with E-state index in [4.69, 9.17) is 0 Å². The van der Waals surface area contributed by atoms with Gasteiger partial charge >= 0.3 is 0 Å². The van der Waals surface area contributed by atoms with Gasteiger partial charge in [-0.15, -0.1) is 11.3 Å². The lowest BCUT2D eigenvalue weighted by Gasteiger charge is -2.23. The molecule has 1 aliphatic heterocycles. The summed E-state index contributed by atoms with van der Waals surface area (Å²) in [5.41, 5.74) is 1.40. The van der Waals surface area contributed by atoms with E-state index in [1.807, 2.05) is 5.38 Å². The molecule has 1 fully saturated rings. The number of aryl methyl sites for hydroxylation is 1. The summed E-state index contributed by atoms with van der Waals surface area (Å²) in [6, 6.07) is 3.04. The van der Waals surface area contributed by atoms with Gasteiger partial charge in [0.15, 0.2) is 0 Å². The first-order valence-electron chi connectivity index (χ1n) is 8.61. The van der Waals surface area contributed by atoms with Gasteiger partial charge in [0.25, 0.3) is 5.91 Å². The van der Waals surface area contributed by atoms with Crippen LogP contribution in [-0.4, -0.2) is 39.3 Å². The maximum atomic E-state index is 12.6. The average molecular weight is 358 g/mol. The second-order valence-electron chi connectivity index (χ2n) is 6.10. The van der Waals surface area contributed by atoms with Crippen molar-refractivity contribution in [3.8, 4) is 0 Å². The van der Waals surface area contributed by atoms with Crippen LogP contribution in [0.25, 0.3) is 0 Å². The molecule has 6 nitrogen and oxygen atoms in total. The molecule has 2 aromatic rings. The molecule has 132 valence electrons. The van der Waals surface area contributed by atoms with E-state index < -0.39 is 6.04 Å². The van der Waals surface area contributed by atoms with Gasteiger partial charge in [-0.3, -0.25) is 14.6 Å². The number of nitrogens with one attached hydrogen (secondary N) is 1. The first kappa shape index (κ1) is 17.5. The fourth-order valence-corrected chi connectivity index (χ4v) is 3.89. The number of thiazole rings is 1. The molecule has 0 radical (unpaired) electrons. The van der Waals surface area contributed by atoms with Crippen molar-refractivity contribution in [1.29, 1.82) is 0 Å². The Labute approximate surface area is 151 Å². The second-order valence-corrected chi connectivity index (χ2v) is 7.04. The van der Waals surface area contributed by atoms with Crippen LogP contribution in [0.2, 0.25) is 0 Å². The predicted molar refractivity (Wildman–Crippen MR) is 96.3 cm³/mol. The molecule has 0 saturated carbocycles. The number of carbonyl (C=O) groups is 2. The highest BCUT2D eigenvalue weighted by Crippen LogP contribution is 2.20. The van der Waals surface area contributed by atoms with E-state index in [2.05, 4.69) is 22.2 Å². The highest BCUT2D eigenvalue weighted by molar-refractivity contribution is 7.09. The first-order valence-corrected chi connectivity index (χ1v) is 9.49. The standard InChI is InChI=1S/C18H22N4O2S/c1-2-5-16-21-14(12-25-16)11-20-17(23)15-7-4-9-22(15)18(24)13-6-3-8-19-10-13/h3,6,8,10,12,15H,2,4-5,7,9,11H2,1H3,(H,20,23)/t15-/m1/s1. The number of nitrogens with zero attached hydrogens (tertiary/aromatic N) is 3. The van der Waals surface area contributed by atoms with Crippen molar-refractivity contribution >= 4 is 23.2 Å². The molecule has 1 N–H and O–H groups in total. The Balaban J connectivity index is 1.59. The number of rotatable bonds is 6. The molecule has 0 unspecified atom stereocenters. The van der Waals surface area contributed by atoms with E-state index in [1.54, 1.807) is 40.8 Å². The quantitative estimate of drug-likeness (QED) is 0.860. The van der Waals surface area contributed by atoms with Crippen LogP contribution in [0.15, 0.2) is 29.9 Å². The lowest BCUT2D eigenvalue weighted by molar-refractivity contribution is -0.125. The molecule has 1 saturated heterocycles. The normalized spacial score (nSPS) is 16.8. The summed E-state index contributed by atoms with van der Waals surface area (Å²) in [5, 5.41) is 6.01. The molecule has 2 amide bonds. The van der Waals surface area contributed by atoms with Crippen molar-refractivity contribution in [3.63, 3.8) is 0 Å². The molecule has 1 atom stereocenters. The summed E-state index contributed by atoms with van der Waals surface area (Å²) in [7, 11) is 0. The topological polar surface area (TPSA) is 75.2 Å². The zero-order valence-corrected chi connectivity index (χ0v) is 15.1. The van der Waals surface area contributed by atoms with Gasteiger partial charge in [0.1, 0.15) is 6.04 Å². The Hall–Kier alpha value is -2.28. The zero-order valence-electron chi connectivity index (χ0n) is 14.3. The summed E-state index contributed by atoms with van der Waals surface area (Å²) >= 11 is 1.63. The van der Waals surface area contributed by atoms with Crippen LogP contribution in [0.4, 0.5) is 0 Å². The number of likely N-dealkylation sites (tertiary alicyclic amines) is 1. The summed E-state index contributed by atoms with van der Waals surface area (Å²) in [5.74, 6) is -0.246. The van der Waals surface area contributed by atoms with Crippen LogP contribution >= 0.6 is 11.3 Å². The van der Waals surface area contributed by atoms with Gasteiger partial charge < -0.3 is 10.2 Å². The number of hydrogen-bond acceptors (Lipinski definition) is 5. The molecule has 25 heavy (non-hydrogen) atoms. The Morgan fingerprint density at radius 1 is 1.44 bits per heavy atom. The molecule has 1 aliphatic rings. The third-order valence-electron chi connectivity index (χ3n) is 4.23. The maximum absolute atomic E-state index is 12.6. The van der Waals surface area contributed by atoms with Crippen LogP contribution < -0.4 is 5.32 Å². The SMILES string of the molecule is CCCc1nc(CNC(=O)[C@H]2CCCN2C(=O)c2cccnc2)cs1. The molecule has 0 aromatic carbocycles. The molecule has 3 rings (SSSR count). The first-order chi connectivity index (χ1) is 12.2. The number of hydrogen-bond donors (Lipinski definition) is 1. The third kappa shape index (κ3) is 4.22. The fraction of sp³-hybridized carbons (Fsp3) is 0.444. The highest BCUT2D eigenvalue weighted by Gasteiger charge is 2.34. The Kier molecular flexibility index (Phi) is 5.75. The summed E-state index contributed by atoms with van der Waals surface area (Å²) in [6.45, 7) is 3.13. The predicted octanol–water partition coefficient (Wildman–Crippen LogP) is 2.41. The molecule has 7 heteroatoms. The van der Waals surface area contributed by atoms with E-state index in [1.165, 1.54) is 0 Å². The van der Waals surface area contributed by atoms with Crippen LogP contribution in [0, 0.1) is 0 Å². The van der Waals surface area contributed by atoms with E-state index >= 15 is 0 Å². The molecule has 0 spiro atoms. The van der Waals surface area contributed by atoms with Gasteiger partial charge in [-0.05, 0) is 37.8 Å². The van der Waals surface area contributed by atoms with Crippen LogP contribution in [-0.2, 0) is 17.8 Å². The largest absolute Gasteiger partial charge is 0.349 e. The van der Waals surface area contributed by atoms with Crippen molar-refractivity contribution in [2.75, 3.05) is 6.54 Å². The van der Waals surface area contributed by atoms with E-state index in [-0.39, 0.29) is 11.8 Å². The van der Waals surface area contributed by atoms with Crippen LogP contribution in [0.3, 0.4) is 0 Å². The third-order valence-corrected chi connectivity index (χ3v) is 5.19. The molecular weight excluding hydrogens is 336 g/mol. The second kappa shape index (κ2) is 8.20. The van der Waals surface area contributed by atoms with Gasteiger partial charge in [0.05, 0.1) is 22.8 Å². The van der Waals surface area contributed by atoms with E-state index in [0.717, 1.165) is 30.0 Å².